The van der Waals surface area contributed by atoms with Crippen molar-refractivity contribution in [2.24, 2.45) is 5.92 Å². The third-order valence-corrected chi connectivity index (χ3v) is 4.45. The highest BCUT2D eigenvalue weighted by atomic mass is 15.2. The first-order valence-electron chi connectivity index (χ1n) is 8.19. The van der Waals surface area contributed by atoms with Crippen LogP contribution in [0.25, 0.3) is 11.5 Å². The van der Waals surface area contributed by atoms with Gasteiger partial charge in [0.1, 0.15) is 12.0 Å². The Balaban J connectivity index is 1.70. The summed E-state index contributed by atoms with van der Waals surface area (Å²) in [5.41, 5.74) is 3.05. The van der Waals surface area contributed by atoms with Crippen LogP contribution in [0, 0.1) is 12.8 Å². The van der Waals surface area contributed by atoms with Crippen LogP contribution in [-0.4, -0.2) is 44.0 Å². The molecule has 1 atom stereocenters. The third-order valence-electron chi connectivity index (χ3n) is 4.45. The van der Waals surface area contributed by atoms with Crippen molar-refractivity contribution in [3.05, 3.63) is 30.0 Å². The van der Waals surface area contributed by atoms with E-state index in [4.69, 9.17) is 0 Å². The van der Waals surface area contributed by atoms with E-state index in [0.29, 0.717) is 12.0 Å². The fourth-order valence-electron chi connectivity index (χ4n) is 3.21. The van der Waals surface area contributed by atoms with Gasteiger partial charge in [-0.1, -0.05) is 0 Å². The highest BCUT2D eigenvalue weighted by Crippen LogP contribution is 2.22. The summed E-state index contributed by atoms with van der Waals surface area (Å²) in [4.78, 5) is 19.0. The zero-order valence-corrected chi connectivity index (χ0v) is 13.7. The highest BCUT2D eigenvalue weighted by Gasteiger charge is 2.22. The molecular weight excluding hydrogens is 274 g/mol. The molecule has 1 aliphatic rings. The lowest BCUT2D eigenvalue weighted by Gasteiger charge is -2.35. The number of piperidine rings is 1. The number of aromatic nitrogens is 4. The molecule has 1 fully saturated rings. The zero-order valence-electron chi connectivity index (χ0n) is 13.7. The van der Waals surface area contributed by atoms with Crippen molar-refractivity contribution in [1.82, 2.24) is 24.8 Å². The molecule has 0 bridgehead atoms. The maximum atomic E-state index is 4.46. The minimum Gasteiger partial charge on any atom is -0.341 e. The molecule has 2 aromatic heterocycles. The number of rotatable bonds is 4. The second-order valence-electron chi connectivity index (χ2n) is 6.61. The SMILES string of the molecule is Cc1cnc(-c2cc(CC3CCCN(C(C)C)C3)ncn2)[nH]1. The minimum atomic E-state index is 0.634. The molecule has 0 saturated carbocycles. The summed E-state index contributed by atoms with van der Waals surface area (Å²) in [6, 6.07) is 2.71. The first-order chi connectivity index (χ1) is 10.6. The van der Waals surface area contributed by atoms with Gasteiger partial charge in [0.25, 0.3) is 0 Å². The second-order valence-corrected chi connectivity index (χ2v) is 6.61. The normalized spacial score (nSPS) is 19.7. The Labute approximate surface area is 132 Å². The van der Waals surface area contributed by atoms with E-state index in [1.807, 2.05) is 13.1 Å². The van der Waals surface area contributed by atoms with Gasteiger partial charge in [0.05, 0.1) is 0 Å². The molecule has 0 radical (unpaired) electrons. The molecule has 1 saturated heterocycles. The predicted molar refractivity (Wildman–Crippen MR) is 87.5 cm³/mol. The number of imidazole rings is 1. The summed E-state index contributed by atoms with van der Waals surface area (Å²) in [6.07, 6.45) is 7.10. The standard InChI is InChI=1S/C17H25N5/c1-12(2)22-6-4-5-14(10-22)7-15-8-16(20-11-19-15)17-18-9-13(3)21-17/h8-9,11-12,14H,4-7,10H2,1-3H3,(H,18,21). The van der Waals surface area contributed by atoms with Gasteiger partial charge in [-0.25, -0.2) is 15.0 Å². The predicted octanol–water partition coefficient (Wildman–Crippen LogP) is 2.84. The van der Waals surface area contributed by atoms with E-state index in [1.54, 1.807) is 6.33 Å². The van der Waals surface area contributed by atoms with Crippen LogP contribution in [0.15, 0.2) is 18.6 Å². The van der Waals surface area contributed by atoms with Gasteiger partial charge in [-0.3, -0.25) is 0 Å². The fraction of sp³-hybridized carbons (Fsp3) is 0.588. The number of nitrogens with one attached hydrogen (secondary N) is 1. The van der Waals surface area contributed by atoms with Crippen LogP contribution >= 0.6 is 0 Å². The van der Waals surface area contributed by atoms with Gasteiger partial charge in [0.15, 0.2) is 5.82 Å². The molecule has 5 nitrogen and oxygen atoms in total. The van der Waals surface area contributed by atoms with E-state index in [2.05, 4.69) is 44.7 Å². The quantitative estimate of drug-likeness (QED) is 0.943. The van der Waals surface area contributed by atoms with Gasteiger partial charge in [0, 0.05) is 30.2 Å². The summed E-state index contributed by atoms with van der Waals surface area (Å²) in [7, 11) is 0. The summed E-state index contributed by atoms with van der Waals surface area (Å²) >= 11 is 0. The number of aryl methyl sites for hydroxylation is 1. The van der Waals surface area contributed by atoms with Crippen LogP contribution in [0.2, 0.25) is 0 Å². The summed E-state index contributed by atoms with van der Waals surface area (Å²) in [5.74, 6) is 1.52. The summed E-state index contributed by atoms with van der Waals surface area (Å²) < 4.78 is 0. The molecule has 3 rings (SSSR count). The molecule has 2 aromatic rings. The fourth-order valence-corrected chi connectivity index (χ4v) is 3.21. The number of likely N-dealkylation sites (tertiary alicyclic amines) is 1. The Morgan fingerprint density at radius 2 is 2.18 bits per heavy atom. The first-order valence-corrected chi connectivity index (χ1v) is 8.19. The van der Waals surface area contributed by atoms with Gasteiger partial charge >= 0.3 is 0 Å². The Hall–Kier alpha value is -1.75. The van der Waals surface area contributed by atoms with Crippen molar-refractivity contribution < 1.29 is 0 Å². The molecular formula is C17H25N5. The van der Waals surface area contributed by atoms with Crippen molar-refractivity contribution >= 4 is 0 Å². The minimum absolute atomic E-state index is 0.634. The van der Waals surface area contributed by atoms with E-state index < -0.39 is 0 Å². The molecule has 22 heavy (non-hydrogen) atoms. The van der Waals surface area contributed by atoms with E-state index >= 15 is 0 Å². The number of H-pyrrole nitrogens is 1. The number of hydrogen-bond acceptors (Lipinski definition) is 4. The van der Waals surface area contributed by atoms with Crippen LogP contribution in [0.5, 0.6) is 0 Å². The van der Waals surface area contributed by atoms with Gasteiger partial charge in [-0.05, 0) is 58.6 Å². The van der Waals surface area contributed by atoms with E-state index in [0.717, 1.165) is 29.3 Å². The van der Waals surface area contributed by atoms with Gasteiger partial charge in [0.2, 0.25) is 0 Å². The molecule has 5 heteroatoms. The number of hydrogen-bond donors (Lipinski definition) is 1. The Morgan fingerprint density at radius 3 is 2.91 bits per heavy atom. The molecule has 118 valence electrons. The van der Waals surface area contributed by atoms with E-state index in [-0.39, 0.29) is 0 Å². The Kier molecular flexibility index (Phi) is 4.52. The van der Waals surface area contributed by atoms with Crippen LogP contribution in [0.3, 0.4) is 0 Å². The third kappa shape index (κ3) is 3.53. The first kappa shape index (κ1) is 15.2. The van der Waals surface area contributed by atoms with Crippen molar-refractivity contribution in [2.75, 3.05) is 13.1 Å². The molecule has 0 aromatic carbocycles. The molecule has 1 unspecified atom stereocenters. The molecule has 0 amide bonds. The maximum Gasteiger partial charge on any atom is 0.156 e. The van der Waals surface area contributed by atoms with Gasteiger partial charge in [-0.15, -0.1) is 0 Å². The lowest BCUT2D eigenvalue weighted by atomic mass is 9.92. The average molecular weight is 299 g/mol. The maximum absolute atomic E-state index is 4.46. The van der Waals surface area contributed by atoms with E-state index in [9.17, 15) is 0 Å². The zero-order chi connectivity index (χ0) is 15.5. The Morgan fingerprint density at radius 1 is 1.32 bits per heavy atom. The van der Waals surface area contributed by atoms with E-state index in [1.165, 1.54) is 25.9 Å². The highest BCUT2D eigenvalue weighted by molar-refractivity contribution is 5.49. The second kappa shape index (κ2) is 6.57. The topological polar surface area (TPSA) is 57.7 Å². The van der Waals surface area contributed by atoms with Crippen LogP contribution in [-0.2, 0) is 6.42 Å². The molecule has 0 spiro atoms. The number of nitrogens with zero attached hydrogens (tertiary/aromatic N) is 4. The van der Waals surface area contributed by atoms with Crippen LogP contribution < -0.4 is 0 Å². The van der Waals surface area contributed by atoms with Gasteiger partial charge in [-0.2, -0.15) is 0 Å². The number of aromatic amines is 1. The average Bonchev–Trinajstić information content (AvgIpc) is 2.94. The molecule has 0 aliphatic carbocycles. The Bertz CT molecular complexity index is 619. The molecule has 1 N–H and O–H groups in total. The van der Waals surface area contributed by atoms with Crippen molar-refractivity contribution in [3.63, 3.8) is 0 Å². The largest absolute Gasteiger partial charge is 0.341 e. The lowest BCUT2D eigenvalue weighted by Crippen LogP contribution is -2.40. The molecule has 3 heterocycles. The van der Waals surface area contributed by atoms with Gasteiger partial charge < -0.3 is 9.88 Å². The van der Waals surface area contributed by atoms with Crippen LogP contribution in [0.1, 0.15) is 38.1 Å². The monoisotopic (exact) mass is 299 g/mol. The van der Waals surface area contributed by atoms with Crippen LogP contribution in [0.4, 0.5) is 0 Å². The van der Waals surface area contributed by atoms with Crippen molar-refractivity contribution in [1.29, 1.82) is 0 Å². The van der Waals surface area contributed by atoms with Crippen molar-refractivity contribution in [3.8, 4) is 11.5 Å². The van der Waals surface area contributed by atoms with Crippen molar-refractivity contribution in [2.45, 2.75) is 46.1 Å². The summed E-state index contributed by atoms with van der Waals surface area (Å²) in [5, 5.41) is 0. The lowest BCUT2D eigenvalue weighted by molar-refractivity contribution is 0.139. The smallest absolute Gasteiger partial charge is 0.156 e. The molecule has 1 aliphatic heterocycles. The summed E-state index contributed by atoms with van der Waals surface area (Å²) in [6.45, 7) is 8.97.